The molecule has 1 aromatic heterocycles. The summed E-state index contributed by atoms with van der Waals surface area (Å²) in [5.41, 5.74) is 1.33. The predicted octanol–water partition coefficient (Wildman–Crippen LogP) is 4.84. The van der Waals surface area contributed by atoms with Gasteiger partial charge in [-0.25, -0.2) is 0 Å². The fourth-order valence-corrected chi connectivity index (χ4v) is 5.87. The van der Waals surface area contributed by atoms with Gasteiger partial charge >= 0.3 is 0 Å². The molecule has 0 atom stereocenters. The van der Waals surface area contributed by atoms with Crippen LogP contribution in [0.1, 0.15) is 75.5 Å². The highest BCUT2D eigenvalue weighted by molar-refractivity contribution is 8.26. The Morgan fingerprint density at radius 1 is 1.11 bits per heavy atom. The summed E-state index contributed by atoms with van der Waals surface area (Å²) in [6.45, 7) is 9.86. The number of thioether (sulfide) groups is 1. The van der Waals surface area contributed by atoms with Crippen molar-refractivity contribution < 1.29 is 9.53 Å². The number of carbonyl (C=O) groups is 1. The molecule has 2 aliphatic rings. The van der Waals surface area contributed by atoms with Crippen molar-refractivity contribution in [3.63, 3.8) is 0 Å². The number of rotatable bonds is 10. The maximum absolute atomic E-state index is 13.4. The van der Waals surface area contributed by atoms with Crippen molar-refractivity contribution in [2.75, 3.05) is 37.7 Å². The molecular weight excluding hydrogens is 480 g/mol. The van der Waals surface area contributed by atoms with Gasteiger partial charge in [0.1, 0.15) is 21.8 Å². The Hall–Kier alpha value is -2.15. The minimum Gasteiger partial charge on any atom is -0.382 e. The van der Waals surface area contributed by atoms with Crippen LogP contribution in [-0.4, -0.2) is 52.5 Å². The van der Waals surface area contributed by atoms with E-state index in [9.17, 15) is 14.9 Å². The van der Waals surface area contributed by atoms with Gasteiger partial charge in [0, 0.05) is 45.0 Å². The summed E-state index contributed by atoms with van der Waals surface area (Å²) in [6, 6.07) is 2.13. The highest BCUT2D eigenvalue weighted by Crippen LogP contribution is 2.36. The van der Waals surface area contributed by atoms with Crippen molar-refractivity contribution in [3.8, 4) is 6.07 Å². The van der Waals surface area contributed by atoms with E-state index in [4.69, 9.17) is 17.0 Å². The van der Waals surface area contributed by atoms with Crippen LogP contribution in [0.5, 0.6) is 0 Å². The first-order valence-corrected chi connectivity index (χ1v) is 13.9. The van der Waals surface area contributed by atoms with E-state index in [2.05, 4.69) is 17.9 Å². The second kappa shape index (κ2) is 13.2. The smallest absolute Gasteiger partial charge is 0.270 e. The van der Waals surface area contributed by atoms with Gasteiger partial charge in [0.25, 0.3) is 11.5 Å². The molecule has 190 valence electrons. The highest BCUT2D eigenvalue weighted by atomic mass is 32.2. The molecule has 2 aliphatic heterocycles. The fourth-order valence-electron chi connectivity index (χ4n) is 4.58. The Morgan fingerprint density at radius 2 is 1.83 bits per heavy atom. The molecule has 2 fully saturated rings. The molecule has 0 N–H and O–H groups in total. The number of pyridine rings is 1. The molecule has 9 heteroatoms. The second-order valence-electron chi connectivity index (χ2n) is 8.94. The van der Waals surface area contributed by atoms with E-state index in [1.807, 2.05) is 19.9 Å². The van der Waals surface area contributed by atoms with E-state index < -0.39 is 0 Å². The van der Waals surface area contributed by atoms with Crippen molar-refractivity contribution in [3.05, 3.63) is 31.9 Å². The van der Waals surface area contributed by atoms with Crippen molar-refractivity contribution in [2.24, 2.45) is 0 Å². The molecule has 0 bridgehead atoms. The summed E-state index contributed by atoms with van der Waals surface area (Å²) in [5, 5.41) is 9.85. The lowest BCUT2D eigenvalue weighted by Crippen LogP contribution is -2.35. The zero-order valence-corrected chi connectivity index (χ0v) is 22.7. The number of anilines is 1. The lowest BCUT2D eigenvalue weighted by atomic mass is 10.0. The predicted molar refractivity (Wildman–Crippen MR) is 147 cm³/mol. The zero-order valence-electron chi connectivity index (χ0n) is 21.1. The van der Waals surface area contributed by atoms with E-state index in [-0.39, 0.29) is 17.0 Å². The van der Waals surface area contributed by atoms with Crippen molar-refractivity contribution in [1.82, 2.24) is 9.47 Å². The highest BCUT2D eigenvalue weighted by Gasteiger charge is 2.33. The SMILES string of the molecule is CCCCn1c(N2CCCCCC2)c(/C=C2\SC(=S)N(CCCOCC)C2=O)c(C)c(C#N)c1=O. The quantitative estimate of drug-likeness (QED) is 0.250. The number of nitriles is 1. The topological polar surface area (TPSA) is 78.6 Å². The Morgan fingerprint density at radius 3 is 2.46 bits per heavy atom. The maximum Gasteiger partial charge on any atom is 0.270 e. The second-order valence-corrected chi connectivity index (χ2v) is 10.6. The number of unbranched alkanes of at least 4 members (excludes halogenated alkanes) is 1. The number of ether oxygens (including phenoxy) is 1. The summed E-state index contributed by atoms with van der Waals surface area (Å²) in [5.74, 6) is 0.714. The third-order valence-electron chi connectivity index (χ3n) is 6.51. The molecule has 0 spiro atoms. The third-order valence-corrected chi connectivity index (χ3v) is 7.89. The van der Waals surface area contributed by atoms with E-state index in [1.165, 1.54) is 24.6 Å². The van der Waals surface area contributed by atoms with Crippen LogP contribution >= 0.6 is 24.0 Å². The van der Waals surface area contributed by atoms with Gasteiger partial charge in [-0.1, -0.05) is 50.2 Å². The summed E-state index contributed by atoms with van der Waals surface area (Å²) in [7, 11) is 0. The van der Waals surface area contributed by atoms with Crippen LogP contribution in [0, 0.1) is 18.3 Å². The molecular formula is C26H36N4O3S2. The first-order valence-electron chi connectivity index (χ1n) is 12.7. The van der Waals surface area contributed by atoms with E-state index in [1.54, 1.807) is 9.47 Å². The molecule has 0 saturated carbocycles. The summed E-state index contributed by atoms with van der Waals surface area (Å²) in [4.78, 5) is 31.1. The minimum atomic E-state index is -0.238. The fraction of sp³-hybridized carbons (Fsp3) is 0.615. The Bertz CT molecular complexity index is 1070. The molecule has 35 heavy (non-hydrogen) atoms. The van der Waals surface area contributed by atoms with Crippen molar-refractivity contribution in [2.45, 2.75) is 72.3 Å². The number of nitrogens with zero attached hydrogens (tertiary/aromatic N) is 4. The average molecular weight is 517 g/mol. The normalized spacial score (nSPS) is 17.8. The van der Waals surface area contributed by atoms with Gasteiger partial charge in [-0.2, -0.15) is 5.26 Å². The van der Waals surface area contributed by atoms with Gasteiger partial charge in [0.15, 0.2) is 0 Å². The summed E-state index contributed by atoms with van der Waals surface area (Å²) >= 11 is 6.81. The molecule has 0 radical (unpaired) electrons. The first-order chi connectivity index (χ1) is 16.9. The van der Waals surface area contributed by atoms with Gasteiger partial charge in [0.2, 0.25) is 0 Å². The standard InChI is InChI=1S/C26H36N4O3S2/c1-4-6-14-29-23(28-12-9-7-8-10-13-28)20(19(3)21(18-27)24(29)31)17-22-25(32)30(26(34)35-22)15-11-16-33-5-2/h17H,4-16H2,1-3H3/b22-17-. The lowest BCUT2D eigenvalue weighted by Gasteiger charge is -2.29. The Labute approximate surface area is 218 Å². The molecule has 2 saturated heterocycles. The van der Waals surface area contributed by atoms with E-state index in [0.717, 1.165) is 50.2 Å². The molecule has 1 amide bonds. The first kappa shape index (κ1) is 27.4. The number of hydrogen-bond acceptors (Lipinski definition) is 7. The number of carbonyl (C=O) groups excluding carboxylic acids is 1. The molecule has 3 heterocycles. The van der Waals surface area contributed by atoms with Crippen LogP contribution in [0.3, 0.4) is 0 Å². The van der Waals surface area contributed by atoms with Crippen LogP contribution in [0.4, 0.5) is 5.82 Å². The number of aromatic nitrogens is 1. The Balaban J connectivity index is 2.10. The van der Waals surface area contributed by atoms with Gasteiger partial charge in [-0.15, -0.1) is 0 Å². The minimum absolute atomic E-state index is 0.123. The number of thiocarbonyl (C=S) groups is 1. The molecule has 3 rings (SSSR count). The van der Waals surface area contributed by atoms with Crippen molar-refractivity contribution in [1.29, 1.82) is 5.26 Å². The lowest BCUT2D eigenvalue weighted by molar-refractivity contribution is -0.122. The van der Waals surface area contributed by atoms with Crippen molar-refractivity contribution >= 4 is 46.1 Å². The van der Waals surface area contributed by atoms with Crippen LogP contribution < -0.4 is 10.5 Å². The van der Waals surface area contributed by atoms with Gasteiger partial charge in [0.05, 0.1) is 4.91 Å². The van der Waals surface area contributed by atoms with Crippen LogP contribution in [0.25, 0.3) is 6.08 Å². The molecule has 0 aliphatic carbocycles. The van der Waals surface area contributed by atoms with Gasteiger partial charge < -0.3 is 9.64 Å². The number of amides is 1. The van der Waals surface area contributed by atoms with Crippen LogP contribution in [0.2, 0.25) is 0 Å². The van der Waals surface area contributed by atoms with E-state index in [0.29, 0.717) is 47.5 Å². The molecule has 1 aromatic rings. The molecule has 7 nitrogen and oxygen atoms in total. The third kappa shape index (κ3) is 6.35. The average Bonchev–Trinajstić information content (AvgIpc) is 3.02. The Kier molecular flexibility index (Phi) is 10.4. The monoisotopic (exact) mass is 516 g/mol. The molecule has 0 aromatic carbocycles. The molecule has 0 unspecified atom stereocenters. The van der Waals surface area contributed by atoms with Crippen LogP contribution in [0.15, 0.2) is 9.70 Å². The largest absolute Gasteiger partial charge is 0.382 e. The van der Waals surface area contributed by atoms with Gasteiger partial charge in [-0.05, 0) is 51.2 Å². The summed E-state index contributed by atoms with van der Waals surface area (Å²) in [6.07, 6.45) is 8.81. The summed E-state index contributed by atoms with van der Waals surface area (Å²) < 4.78 is 7.71. The maximum atomic E-state index is 13.4. The van der Waals surface area contributed by atoms with Gasteiger partial charge in [-0.3, -0.25) is 19.1 Å². The van der Waals surface area contributed by atoms with E-state index >= 15 is 0 Å². The zero-order chi connectivity index (χ0) is 25.4. The number of hydrogen-bond donors (Lipinski definition) is 0. The van der Waals surface area contributed by atoms with Crippen LogP contribution in [-0.2, 0) is 16.1 Å².